The molecule has 0 aliphatic carbocycles. The zero-order chi connectivity index (χ0) is 3.58. The molecule has 0 rings (SSSR count). The molecule has 0 bridgehead atoms. The molecule has 0 saturated carbocycles. The zero-order valence-electron chi connectivity index (χ0n) is 8.55. The van der Waals surface area contributed by atoms with E-state index in [0.717, 1.165) is 0 Å². The summed E-state index contributed by atoms with van der Waals surface area (Å²) in [7, 11) is -3.63. The van der Waals surface area contributed by atoms with E-state index >= 15 is 0 Å². The van der Waals surface area contributed by atoms with E-state index < -0.39 is 9.17 Å². The molecule has 8 heteroatoms. The third-order valence-corrected chi connectivity index (χ3v) is 0. The van der Waals surface area contributed by atoms with Gasteiger partial charge in [0.1, 0.15) is 0 Å². The van der Waals surface area contributed by atoms with Crippen molar-refractivity contribution < 1.29 is 39.2 Å². The van der Waals surface area contributed by atoms with Crippen LogP contribution in [0.4, 0.5) is 0 Å². The van der Waals surface area contributed by atoms with Crippen molar-refractivity contribution in [1.29, 1.82) is 0 Å². The van der Waals surface area contributed by atoms with E-state index in [-0.39, 0.29) is 118 Å². The number of hydrogen-bond donors (Lipinski definition) is 0. The van der Waals surface area contributed by atoms with Gasteiger partial charge in [0, 0.05) is 9.17 Å². The molecule has 0 heterocycles. The van der Waals surface area contributed by atoms with Crippen LogP contribution in [0.25, 0.3) is 0 Å². The van der Waals surface area contributed by atoms with Crippen molar-refractivity contribution in [3.8, 4) is 0 Å². The summed E-state index contributed by atoms with van der Waals surface area (Å²) in [5.41, 5.74) is 0. The second-order valence-corrected chi connectivity index (χ2v) is 0.750. The molecule has 0 aliphatic heterocycles. The zero-order valence-corrected chi connectivity index (χ0v) is 15.6. The van der Waals surface area contributed by atoms with Crippen molar-refractivity contribution in [2.75, 3.05) is 0 Å². The second kappa shape index (κ2) is 22.4. The van der Waals surface area contributed by atoms with Crippen LogP contribution >= 0.6 is 9.90 Å². The van der Waals surface area contributed by atoms with E-state index in [0.29, 0.717) is 0 Å². The maximum atomic E-state index is 8.52. The van der Waals surface area contributed by atoms with E-state index in [9.17, 15) is 0 Å². The van der Waals surface area contributed by atoms with Gasteiger partial charge >= 0.3 is 103 Å². The van der Waals surface area contributed by atoms with E-state index in [1.807, 2.05) is 0 Å². The number of rotatable bonds is 0. The second-order valence-electron chi connectivity index (χ2n) is 0.250. The van der Waals surface area contributed by atoms with Crippen LogP contribution in [0.1, 0.15) is 5.71 Å². The van der Waals surface area contributed by atoms with Crippen LogP contribution in [0, 0.1) is 0 Å². The fraction of sp³-hybridized carbons (Fsp3) is 0. The van der Waals surface area contributed by atoms with Crippen molar-refractivity contribution in [2.45, 2.75) is 0 Å². The molecule has 0 spiro atoms. The van der Waals surface area contributed by atoms with Crippen molar-refractivity contribution in [2.24, 2.45) is 0 Å². The van der Waals surface area contributed by atoms with Gasteiger partial charge in [0.25, 0.3) is 0 Å². The number of hydrogen-bond acceptors (Lipinski definition) is 3. The van der Waals surface area contributed by atoms with Gasteiger partial charge in [-0.25, -0.2) is 0 Å². The summed E-state index contributed by atoms with van der Waals surface area (Å²) in [5, 5.41) is 0. The Morgan fingerprint density at radius 3 is 1.38 bits per heavy atom. The smallest absolute Gasteiger partial charge is 1.00 e. The normalized spacial score (nSPS) is 3.00. The van der Waals surface area contributed by atoms with Crippen molar-refractivity contribution in [3.05, 3.63) is 0 Å². The minimum Gasteiger partial charge on any atom is -1.00 e. The molecular weight excluding hydrogens is 300 g/mol. The first-order chi connectivity index (χ1) is 1.73. The fourth-order valence-corrected chi connectivity index (χ4v) is 0. The fourth-order valence-electron chi connectivity index (χ4n) is 0. The summed E-state index contributed by atoms with van der Waals surface area (Å²) in [4.78, 5) is 17.0. The minimum atomic E-state index is -3.63. The van der Waals surface area contributed by atoms with Gasteiger partial charge in [-0.3, -0.25) is 0 Å². The largest absolute Gasteiger partial charge is 2.00 e. The van der Waals surface area contributed by atoms with Gasteiger partial charge in [-0.1, -0.05) is 0 Å². The van der Waals surface area contributed by atoms with Crippen molar-refractivity contribution in [3.63, 3.8) is 0 Å². The Balaban J connectivity index is -0.00000000161. The summed E-state index contributed by atoms with van der Waals surface area (Å²) in [6, 6.07) is 0. The molecule has 0 radical (unpaired) electrons. The molecule has 8 heavy (non-hydrogen) atoms. The molecule has 1 atom stereocenters. The topological polar surface area (TPSA) is 63.2 Å². The summed E-state index contributed by atoms with van der Waals surface area (Å²) in [6.45, 7) is 0. The molecule has 0 saturated heterocycles. The molecule has 0 fully saturated rings. The van der Waals surface area contributed by atoms with Gasteiger partial charge in [-0.05, 0) is 0 Å². The Labute approximate surface area is 138 Å². The van der Waals surface area contributed by atoms with Gasteiger partial charge in [-0.15, -0.1) is 0 Å². The molecule has 40 valence electrons. The van der Waals surface area contributed by atoms with Crippen LogP contribution in [0.3, 0.4) is 0 Å². The molecule has 0 N–H and O–H groups in total. The Hall–Kier alpha value is 3.41. The Morgan fingerprint density at radius 2 is 1.38 bits per heavy atom. The predicted molar refractivity (Wildman–Crippen MR) is 33.5 cm³/mol. The predicted octanol–water partition coefficient (Wildman–Crippen LogP) is -3.13. The summed E-state index contributed by atoms with van der Waals surface area (Å²) in [6.07, 6.45) is 0. The first kappa shape index (κ1) is 30.1. The molecule has 0 aromatic heterocycles. The van der Waals surface area contributed by atoms with E-state index in [1.165, 1.54) is 0 Å². The Bertz CT molecular complexity index is 53.3. The molecular formula is H7CaO3PSiSrZn. The van der Waals surface area contributed by atoms with E-state index in [2.05, 4.69) is 0 Å². The average Bonchev–Trinajstić information content (AvgIpc) is 0.811. The van der Waals surface area contributed by atoms with Gasteiger partial charge in [0.15, 0.2) is 0 Å². The first-order valence-electron chi connectivity index (χ1n) is 0.612. The van der Waals surface area contributed by atoms with E-state index in [1.54, 1.807) is 0 Å². The molecule has 0 aliphatic rings. The van der Waals surface area contributed by atoms with Crippen LogP contribution in [0.2, 0.25) is 0 Å². The average molecular weight is 307 g/mol. The summed E-state index contributed by atoms with van der Waals surface area (Å²) >= 11 is 0. The van der Waals surface area contributed by atoms with Crippen molar-refractivity contribution >= 4 is 102 Å². The van der Waals surface area contributed by atoms with Crippen LogP contribution < -0.4 is 9.59 Å². The third kappa shape index (κ3) is 57.2. The maximum absolute atomic E-state index is 8.52. The molecule has 1 unspecified atom stereocenters. The van der Waals surface area contributed by atoms with Crippen molar-refractivity contribution in [1.82, 2.24) is 0 Å². The molecule has 0 aromatic carbocycles. The summed E-state index contributed by atoms with van der Waals surface area (Å²) in [5.74, 6) is 0. The van der Waals surface area contributed by atoms with Gasteiger partial charge in [0.2, 0.25) is 0 Å². The SMILES string of the molecule is O=[Si]([O-])[O-].P.[Ca+2].[H-].[H-].[H-].[H-].[Sr+2].[Zn+2]. The Kier molecular flexibility index (Phi) is 84.4. The maximum Gasteiger partial charge on any atom is 2.00 e. The molecule has 3 nitrogen and oxygen atoms in total. The standard InChI is InChI=1S/Ca.O3Si.H3P.Sr.Zn.4H/c;1-4(2)3;;;;;;;/h;;1H3;;;;;;/q+2;-2;;2*+2;4*-1. The van der Waals surface area contributed by atoms with E-state index in [4.69, 9.17) is 14.1 Å². The van der Waals surface area contributed by atoms with Gasteiger partial charge in [-0.2, -0.15) is 9.90 Å². The quantitative estimate of drug-likeness (QED) is 0.351. The molecule has 0 aromatic rings. The first-order valence-corrected chi connectivity index (χ1v) is 1.84. The summed E-state index contributed by atoms with van der Waals surface area (Å²) < 4.78 is 8.52. The minimum absolute atomic E-state index is 0. The van der Waals surface area contributed by atoms with Crippen LogP contribution in [0.15, 0.2) is 0 Å². The monoisotopic (exact) mass is 306 g/mol. The van der Waals surface area contributed by atoms with Crippen LogP contribution in [-0.4, -0.2) is 92.4 Å². The van der Waals surface area contributed by atoms with Crippen LogP contribution in [0.5, 0.6) is 0 Å². The van der Waals surface area contributed by atoms with Gasteiger partial charge in [0.05, 0.1) is 0 Å². The van der Waals surface area contributed by atoms with Gasteiger partial charge < -0.3 is 19.8 Å². The molecule has 0 amide bonds. The van der Waals surface area contributed by atoms with Crippen LogP contribution in [-0.2, 0) is 23.9 Å². The Morgan fingerprint density at radius 1 is 1.38 bits per heavy atom. The third-order valence-electron chi connectivity index (χ3n) is 0.